The third kappa shape index (κ3) is 2.11. The Kier molecular flexibility index (Phi) is 2.74. The Morgan fingerprint density at radius 2 is 2.15 bits per heavy atom. The maximum atomic E-state index is 10.8. The zero-order valence-corrected chi connectivity index (χ0v) is 7.53. The van der Waals surface area contributed by atoms with E-state index in [1.54, 1.807) is 25.1 Å². The summed E-state index contributed by atoms with van der Waals surface area (Å²) in [5.41, 5.74) is 6.81. The highest BCUT2D eigenvalue weighted by Gasteiger charge is 2.09. The lowest BCUT2D eigenvalue weighted by atomic mass is 10.2. The van der Waals surface area contributed by atoms with E-state index in [2.05, 4.69) is 4.74 Å². The first kappa shape index (κ1) is 9.38. The monoisotopic (exact) mass is 181 g/mol. The second kappa shape index (κ2) is 3.80. The molecule has 4 heteroatoms. The van der Waals surface area contributed by atoms with Crippen molar-refractivity contribution >= 4 is 11.8 Å². The van der Waals surface area contributed by atoms with Crippen LogP contribution in [0.1, 0.15) is 5.56 Å². The van der Waals surface area contributed by atoms with Crippen molar-refractivity contribution in [2.45, 2.75) is 6.92 Å². The van der Waals surface area contributed by atoms with Gasteiger partial charge in [-0.15, -0.1) is 0 Å². The quantitative estimate of drug-likeness (QED) is 0.407. The first-order chi connectivity index (χ1) is 6.15. The van der Waals surface area contributed by atoms with Gasteiger partial charge in [0, 0.05) is 0 Å². The van der Waals surface area contributed by atoms with Gasteiger partial charge in [-0.05, 0) is 18.6 Å². The summed E-state index contributed by atoms with van der Waals surface area (Å²) in [6.45, 7) is 1.80. The smallest absolute Gasteiger partial charge is 0.437 e. The Morgan fingerprint density at radius 3 is 2.69 bits per heavy atom. The van der Waals surface area contributed by atoms with Crippen molar-refractivity contribution in [1.29, 1.82) is 0 Å². The van der Waals surface area contributed by atoms with Crippen LogP contribution in [0.2, 0.25) is 0 Å². The molecule has 0 saturated carbocycles. The van der Waals surface area contributed by atoms with Crippen LogP contribution in [-0.2, 0) is 4.74 Å². The van der Waals surface area contributed by atoms with Crippen LogP contribution in [-0.4, -0.2) is 13.3 Å². The maximum absolute atomic E-state index is 10.8. The van der Waals surface area contributed by atoms with Crippen molar-refractivity contribution in [3.63, 3.8) is 0 Å². The zero-order chi connectivity index (χ0) is 9.84. The molecule has 0 spiro atoms. The Hall–Kier alpha value is -1.71. The van der Waals surface area contributed by atoms with Gasteiger partial charge in [-0.1, -0.05) is 12.1 Å². The molecule has 0 saturated heterocycles. The summed E-state index contributed by atoms with van der Waals surface area (Å²) in [6, 6.07) is 5.24. The second-order valence-corrected chi connectivity index (χ2v) is 2.55. The third-order valence-corrected chi connectivity index (χ3v) is 1.59. The fraction of sp³-hybridized carbons (Fsp3) is 0.222. The van der Waals surface area contributed by atoms with Crippen molar-refractivity contribution in [2.24, 2.45) is 0 Å². The number of carbonyl (C=O) groups excluding carboxylic acids is 1. The normalized spacial score (nSPS) is 9.38. The molecule has 0 aliphatic rings. The van der Waals surface area contributed by atoms with Crippen LogP contribution in [0.25, 0.3) is 0 Å². The minimum Gasteiger partial charge on any atom is -0.437 e. The summed E-state index contributed by atoms with van der Waals surface area (Å²) in [4.78, 5) is 10.8. The van der Waals surface area contributed by atoms with Crippen LogP contribution in [0.15, 0.2) is 18.2 Å². The van der Waals surface area contributed by atoms with Crippen LogP contribution in [0.3, 0.4) is 0 Å². The van der Waals surface area contributed by atoms with Crippen molar-refractivity contribution in [3.05, 3.63) is 23.8 Å². The largest absolute Gasteiger partial charge is 0.513 e. The first-order valence-corrected chi connectivity index (χ1v) is 3.76. The van der Waals surface area contributed by atoms with Gasteiger partial charge < -0.3 is 15.2 Å². The van der Waals surface area contributed by atoms with E-state index in [-0.39, 0.29) is 0 Å². The van der Waals surface area contributed by atoms with E-state index in [0.29, 0.717) is 11.4 Å². The van der Waals surface area contributed by atoms with Crippen LogP contribution >= 0.6 is 0 Å². The van der Waals surface area contributed by atoms with Gasteiger partial charge in [0.25, 0.3) is 0 Å². The van der Waals surface area contributed by atoms with E-state index < -0.39 is 6.16 Å². The lowest BCUT2D eigenvalue weighted by molar-refractivity contribution is 0.121. The van der Waals surface area contributed by atoms with Crippen molar-refractivity contribution in [2.75, 3.05) is 12.8 Å². The lowest BCUT2D eigenvalue weighted by Crippen LogP contribution is -2.09. The standard InChI is InChI=1S/C9H11NO3/c1-6-4-3-5-7(10)8(6)13-9(11)12-2/h3-5H,10H2,1-2H3. The number of rotatable bonds is 1. The number of anilines is 1. The molecule has 2 N–H and O–H groups in total. The number of aryl methyl sites for hydroxylation is 1. The second-order valence-electron chi connectivity index (χ2n) is 2.55. The Labute approximate surface area is 76.3 Å². The van der Waals surface area contributed by atoms with E-state index in [4.69, 9.17) is 10.5 Å². The Morgan fingerprint density at radius 1 is 1.46 bits per heavy atom. The van der Waals surface area contributed by atoms with E-state index >= 15 is 0 Å². The highest BCUT2D eigenvalue weighted by Crippen LogP contribution is 2.25. The van der Waals surface area contributed by atoms with Crippen LogP contribution in [0.5, 0.6) is 5.75 Å². The van der Waals surface area contributed by atoms with Crippen LogP contribution in [0.4, 0.5) is 10.5 Å². The van der Waals surface area contributed by atoms with Gasteiger partial charge in [0.05, 0.1) is 12.8 Å². The van der Waals surface area contributed by atoms with Gasteiger partial charge in [-0.25, -0.2) is 4.79 Å². The van der Waals surface area contributed by atoms with E-state index in [1.807, 2.05) is 0 Å². The van der Waals surface area contributed by atoms with Gasteiger partial charge in [-0.2, -0.15) is 0 Å². The predicted molar refractivity (Wildman–Crippen MR) is 48.6 cm³/mol. The fourth-order valence-corrected chi connectivity index (χ4v) is 0.940. The minimum atomic E-state index is -0.763. The zero-order valence-electron chi connectivity index (χ0n) is 7.53. The van der Waals surface area contributed by atoms with Crippen LogP contribution in [0, 0.1) is 6.92 Å². The molecular weight excluding hydrogens is 170 g/mol. The fourth-order valence-electron chi connectivity index (χ4n) is 0.940. The molecule has 0 unspecified atom stereocenters. The number of benzene rings is 1. The Balaban J connectivity index is 2.93. The number of nitrogens with two attached hydrogens (primary N) is 1. The SMILES string of the molecule is COC(=O)Oc1c(C)cccc1N. The van der Waals surface area contributed by atoms with Crippen molar-refractivity contribution in [3.8, 4) is 5.75 Å². The molecule has 0 radical (unpaired) electrons. The van der Waals surface area contributed by atoms with Gasteiger partial charge in [0.1, 0.15) is 0 Å². The number of nitrogen functional groups attached to an aromatic ring is 1. The molecule has 4 nitrogen and oxygen atoms in total. The lowest BCUT2D eigenvalue weighted by Gasteiger charge is -2.07. The number of carbonyl (C=O) groups is 1. The highest BCUT2D eigenvalue weighted by molar-refractivity contribution is 5.69. The summed E-state index contributed by atoms with van der Waals surface area (Å²) < 4.78 is 9.19. The number of hydrogen-bond acceptors (Lipinski definition) is 4. The topological polar surface area (TPSA) is 61.5 Å². The average Bonchev–Trinajstić information content (AvgIpc) is 2.11. The summed E-state index contributed by atoms with van der Waals surface area (Å²) in [5.74, 6) is 0.356. The first-order valence-electron chi connectivity index (χ1n) is 3.76. The summed E-state index contributed by atoms with van der Waals surface area (Å²) in [7, 11) is 1.25. The van der Waals surface area contributed by atoms with Gasteiger partial charge in [0.15, 0.2) is 5.75 Å². The summed E-state index contributed by atoms with van der Waals surface area (Å²) in [5, 5.41) is 0. The molecule has 13 heavy (non-hydrogen) atoms. The third-order valence-electron chi connectivity index (χ3n) is 1.59. The summed E-state index contributed by atoms with van der Waals surface area (Å²) in [6.07, 6.45) is -0.763. The molecule has 0 atom stereocenters. The molecule has 1 aromatic carbocycles. The molecule has 1 rings (SSSR count). The molecule has 0 aromatic heterocycles. The van der Waals surface area contributed by atoms with Gasteiger partial charge >= 0.3 is 6.16 Å². The number of methoxy groups -OCH3 is 1. The molecule has 0 aliphatic carbocycles. The molecule has 0 fully saturated rings. The van der Waals surface area contributed by atoms with Crippen molar-refractivity contribution in [1.82, 2.24) is 0 Å². The number of para-hydroxylation sites is 1. The average molecular weight is 181 g/mol. The molecule has 70 valence electrons. The van der Waals surface area contributed by atoms with E-state index in [0.717, 1.165) is 5.56 Å². The maximum Gasteiger partial charge on any atom is 0.513 e. The molecule has 0 aliphatic heterocycles. The van der Waals surface area contributed by atoms with Crippen molar-refractivity contribution < 1.29 is 14.3 Å². The molecule has 0 amide bonds. The van der Waals surface area contributed by atoms with Gasteiger partial charge in [0.2, 0.25) is 0 Å². The van der Waals surface area contributed by atoms with E-state index in [1.165, 1.54) is 7.11 Å². The predicted octanol–water partition coefficient (Wildman–Crippen LogP) is 1.72. The molecular formula is C9H11NO3. The van der Waals surface area contributed by atoms with E-state index in [9.17, 15) is 4.79 Å². The Bertz CT molecular complexity index is 302. The van der Waals surface area contributed by atoms with Crippen LogP contribution < -0.4 is 10.5 Å². The molecule has 0 heterocycles. The number of ether oxygens (including phenoxy) is 2. The van der Waals surface area contributed by atoms with Gasteiger partial charge in [-0.3, -0.25) is 0 Å². The molecule has 0 bridgehead atoms. The number of hydrogen-bond donors (Lipinski definition) is 1. The molecule has 1 aromatic rings. The minimum absolute atomic E-state index is 0.356. The summed E-state index contributed by atoms with van der Waals surface area (Å²) >= 11 is 0. The highest BCUT2D eigenvalue weighted by atomic mass is 16.7.